The van der Waals surface area contributed by atoms with E-state index in [1.165, 1.54) is 0 Å². The lowest BCUT2D eigenvalue weighted by molar-refractivity contribution is 0.542. The molecule has 3 heteroatoms. The second-order valence-corrected chi connectivity index (χ2v) is 39.4. The maximum Gasteiger partial charge on any atom is -0.0652 e. The largest absolute Gasteiger partial charge is 0.252 e. The summed E-state index contributed by atoms with van der Waals surface area (Å²) in [6.45, 7) is 49.8. The Morgan fingerprint density at radius 1 is 0.321 bits per heavy atom. The second kappa shape index (κ2) is 7.36. The zero-order chi connectivity index (χ0) is 23.6. The summed E-state index contributed by atoms with van der Waals surface area (Å²) < 4.78 is 0. The predicted molar refractivity (Wildman–Crippen MR) is 141 cm³/mol. The van der Waals surface area contributed by atoms with Crippen molar-refractivity contribution >= 4 is 23.0 Å². The lowest BCUT2D eigenvalue weighted by Gasteiger charge is -2.81. The van der Waals surface area contributed by atoms with Crippen molar-refractivity contribution in [3.8, 4) is 0 Å². The van der Waals surface area contributed by atoms with E-state index in [2.05, 4.69) is 131 Å². The molecule has 0 aromatic rings. The van der Waals surface area contributed by atoms with Crippen LogP contribution in [0.5, 0.6) is 0 Å². The van der Waals surface area contributed by atoms with Crippen molar-refractivity contribution in [2.45, 2.75) is 161 Å². The molecule has 0 atom stereocenters. The zero-order valence-electron chi connectivity index (χ0n) is 23.5. The number of hydrogen-bond acceptors (Lipinski definition) is 0. The first-order valence-electron chi connectivity index (χ1n) is 11.5. The Kier molecular flexibility index (Phi) is 7.53. The minimum Gasteiger partial charge on any atom is -0.252 e. The van der Waals surface area contributed by atoms with Gasteiger partial charge in [-0.1, -0.05) is 170 Å². The van der Waals surface area contributed by atoms with Crippen LogP contribution in [0.15, 0.2) is 0 Å². The lowest BCUT2D eigenvalue weighted by atomic mass is 10.2. The maximum atomic E-state index is 2.84. The van der Waals surface area contributed by atoms with Gasteiger partial charge in [0, 0.05) is 0 Å². The highest BCUT2D eigenvalue weighted by Crippen LogP contribution is 2.71. The molecule has 0 saturated heterocycles. The Labute approximate surface area is 184 Å². The minimum atomic E-state index is -1.80. The van der Waals surface area contributed by atoms with Crippen LogP contribution in [0.3, 0.4) is 0 Å². The van der Waals surface area contributed by atoms with Crippen molar-refractivity contribution in [1.82, 2.24) is 0 Å². The standard InChI is InChI=1S/C25H57Si3/c1-20(2,3)27(21(4,5)6,22(7,8)9)26(19)28(23(10,11)12,24(13,14)15)25(16,17)18/h1-19H3/q-1. The zero-order valence-corrected chi connectivity index (χ0v) is 26.5. The monoisotopic (exact) mass is 441 g/mol. The molecule has 0 heterocycles. The van der Waals surface area contributed by atoms with Gasteiger partial charge in [0.1, 0.15) is 0 Å². The van der Waals surface area contributed by atoms with Crippen LogP contribution < -0.4 is 0 Å². The van der Waals surface area contributed by atoms with E-state index in [4.69, 9.17) is 0 Å². The fraction of sp³-hybridized carbons (Fsp3) is 1.00. The molecule has 0 unspecified atom stereocenters. The molecule has 0 bridgehead atoms. The van der Waals surface area contributed by atoms with Gasteiger partial charge in [0.15, 0.2) is 0 Å². The third kappa shape index (κ3) is 3.95. The molecule has 0 spiro atoms. The highest BCUT2D eigenvalue weighted by molar-refractivity contribution is 7.64. The van der Waals surface area contributed by atoms with Crippen LogP contribution in [-0.2, 0) is 0 Å². The van der Waals surface area contributed by atoms with E-state index in [1.54, 1.807) is 0 Å². The van der Waals surface area contributed by atoms with Crippen LogP contribution in [0, 0.1) is 0 Å². The fourth-order valence-electron chi connectivity index (χ4n) is 10.4. The number of rotatable bonds is 2. The Morgan fingerprint density at radius 3 is 0.500 bits per heavy atom. The molecular formula is C25H57Si3-. The molecule has 0 radical (unpaired) electrons. The van der Waals surface area contributed by atoms with Crippen molar-refractivity contribution in [3.05, 3.63) is 0 Å². The summed E-state index contributed by atoms with van der Waals surface area (Å²) in [6.07, 6.45) is 0. The highest BCUT2D eigenvalue weighted by Gasteiger charge is 2.64. The smallest absolute Gasteiger partial charge is 0.0652 e. The van der Waals surface area contributed by atoms with E-state index >= 15 is 0 Å². The van der Waals surface area contributed by atoms with Crippen molar-refractivity contribution in [1.29, 1.82) is 0 Å². The first-order valence-corrected chi connectivity index (χ1v) is 19.5. The Hall–Kier alpha value is 0.651. The van der Waals surface area contributed by atoms with Gasteiger partial charge in [0.2, 0.25) is 0 Å². The Morgan fingerprint density at radius 2 is 0.429 bits per heavy atom. The molecule has 0 fully saturated rings. The van der Waals surface area contributed by atoms with Crippen LogP contribution in [-0.4, -0.2) is 23.0 Å². The summed E-state index contributed by atoms with van der Waals surface area (Å²) >= 11 is 0. The summed E-state index contributed by atoms with van der Waals surface area (Å²) in [5, 5.41) is 2.29. The first-order chi connectivity index (χ1) is 11.7. The van der Waals surface area contributed by atoms with Gasteiger partial charge < -0.3 is 0 Å². The summed E-state index contributed by atoms with van der Waals surface area (Å²) in [7, 11) is -4.26. The number of hydrogen-bond donors (Lipinski definition) is 0. The van der Waals surface area contributed by atoms with Crippen molar-refractivity contribution in [3.63, 3.8) is 0 Å². The van der Waals surface area contributed by atoms with Gasteiger partial charge in [-0.3, -0.25) is 7.83 Å². The van der Waals surface area contributed by atoms with Crippen LogP contribution >= 0.6 is 0 Å². The van der Waals surface area contributed by atoms with Crippen molar-refractivity contribution in [2.75, 3.05) is 0 Å². The SMILES string of the molecule is C[Si-]([Si](C(C)(C)C)(C(C)(C)C)C(C)(C)C)[Si](C(C)(C)C)(C(C)(C)C)C(C)(C)C. The van der Waals surface area contributed by atoms with Gasteiger partial charge in [0.05, 0.1) is 0 Å². The second-order valence-electron chi connectivity index (χ2n) is 15.6. The molecule has 0 aliphatic heterocycles. The van der Waals surface area contributed by atoms with Gasteiger partial charge in [-0.15, -0.1) is 0 Å². The van der Waals surface area contributed by atoms with Crippen LogP contribution in [0.4, 0.5) is 0 Å². The molecule has 0 aromatic heterocycles. The third-order valence-corrected chi connectivity index (χ3v) is 50.6. The van der Waals surface area contributed by atoms with E-state index in [0.717, 1.165) is 0 Å². The average Bonchev–Trinajstić information content (AvgIpc) is 2.14. The quantitative estimate of drug-likeness (QED) is 0.374. The van der Waals surface area contributed by atoms with Gasteiger partial charge in [-0.2, -0.15) is 6.55 Å². The van der Waals surface area contributed by atoms with E-state index < -0.39 is 23.0 Å². The molecule has 0 nitrogen and oxygen atoms in total. The topological polar surface area (TPSA) is 0 Å². The molecule has 28 heavy (non-hydrogen) atoms. The summed E-state index contributed by atoms with van der Waals surface area (Å²) in [4.78, 5) is 0. The molecule has 0 amide bonds. The molecule has 0 saturated carbocycles. The maximum absolute atomic E-state index is 2.84. The van der Waals surface area contributed by atoms with Crippen LogP contribution in [0.1, 0.15) is 125 Å². The average molecular weight is 442 g/mol. The molecule has 170 valence electrons. The molecule has 0 N–H and O–H groups in total. The van der Waals surface area contributed by atoms with Gasteiger partial charge in [-0.25, -0.2) is 0 Å². The van der Waals surface area contributed by atoms with Crippen LogP contribution in [0.2, 0.25) is 36.8 Å². The normalized spacial score (nSPS) is 16.7. The lowest BCUT2D eigenvalue weighted by Crippen LogP contribution is -2.81. The molecule has 0 aliphatic carbocycles. The van der Waals surface area contributed by atoms with E-state index in [-0.39, 0.29) is 0 Å². The van der Waals surface area contributed by atoms with Crippen molar-refractivity contribution < 1.29 is 0 Å². The van der Waals surface area contributed by atoms with Gasteiger partial charge in [0.25, 0.3) is 0 Å². The molecule has 0 rings (SSSR count). The summed E-state index contributed by atoms with van der Waals surface area (Å²) in [6, 6.07) is 0. The van der Waals surface area contributed by atoms with Crippen molar-refractivity contribution in [2.24, 2.45) is 0 Å². The predicted octanol–water partition coefficient (Wildman–Crippen LogP) is 9.97. The van der Waals surface area contributed by atoms with E-state index in [1.807, 2.05) is 0 Å². The van der Waals surface area contributed by atoms with Crippen LogP contribution in [0.25, 0.3) is 0 Å². The Balaban J connectivity index is 7.83. The van der Waals surface area contributed by atoms with Gasteiger partial charge in [-0.05, 0) is 0 Å². The third-order valence-electron chi connectivity index (χ3n) is 7.88. The summed E-state index contributed by atoms with van der Waals surface area (Å²) in [5.74, 6) is 0. The van der Waals surface area contributed by atoms with Gasteiger partial charge >= 0.3 is 0 Å². The minimum absolute atomic E-state index is 0.381. The van der Waals surface area contributed by atoms with E-state index in [9.17, 15) is 0 Å². The molecular weight excluding hydrogens is 385 g/mol. The first kappa shape index (κ1) is 28.7. The Bertz CT molecular complexity index is 409. The molecule has 0 aliphatic rings. The summed E-state index contributed by atoms with van der Waals surface area (Å²) in [5.41, 5.74) is 0. The van der Waals surface area contributed by atoms with E-state index in [0.29, 0.717) is 30.2 Å². The highest BCUT2D eigenvalue weighted by atomic mass is 29.6. The molecule has 0 aromatic carbocycles. The fourth-order valence-corrected chi connectivity index (χ4v) is 78.5.